The number of aliphatic carboxylic acids is 1. The SMILES string of the molecule is CCC(=O)O.NC(=O)c1cncc(Cc2ccc(Cn3ccccc3=O)cc2)c1. The van der Waals surface area contributed by atoms with Gasteiger partial charge in [0.05, 0.1) is 12.1 Å². The number of amides is 1. The molecule has 0 atom stereocenters. The lowest BCUT2D eigenvalue weighted by molar-refractivity contribution is -0.136. The van der Waals surface area contributed by atoms with E-state index in [0.29, 0.717) is 18.5 Å². The van der Waals surface area contributed by atoms with Crippen molar-refractivity contribution in [3.05, 3.63) is 99.7 Å². The van der Waals surface area contributed by atoms with Crippen molar-refractivity contribution in [2.45, 2.75) is 26.3 Å². The Morgan fingerprint density at radius 1 is 1.03 bits per heavy atom. The van der Waals surface area contributed by atoms with Crippen molar-refractivity contribution in [3.8, 4) is 0 Å². The Balaban J connectivity index is 0.000000537. The van der Waals surface area contributed by atoms with Gasteiger partial charge in [-0.1, -0.05) is 37.3 Å². The second-order valence-corrected chi connectivity index (χ2v) is 6.35. The molecule has 2 heterocycles. The van der Waals surface area contributed by atoms with E-state index < -0.39 is 11.9 Å². The van der Waals surface area contributed by atoms with Crippen molar-refractivity contribution in [1.82, 2.24) is 9.55 Å². The van der Waals surface area contributed by atoms with Crippen molar-refractivity contribution < 1.29 is 14.7 Å². The number of carbonyl (C=O) groups is 2. The first-order chi connectivity index (χ1) is 13.9. The topological polar surface area (TPSA) is 115 Å². The Hall–Kier alpha value is -3.74. The van der Waals surface area contributed by atoms with Gasteiger partial charge in [-0.15, -0.1) is 0 Å². The van der Waals surface area contributed by atoms with E-state index in [9.17, 15) is 14.4 Å². The maximum atomic E-state index is 11.7. The van der Waals surface area contributed by atoms with Gasteiger partial charge < -0.3 is 15.4 Å². The first-order valence-electron chi connectivity index (χ1n) is 9.08. The highest BCUT2D eigenvalue weighted by molar-refractivity contribution is 5.92. The van der Waals surface area contributed by atoms with Crippen molar-refractivity contribution in [2.24, 2.45) is 5.73 Å². The molecule has 0 aliphatic heterocycles. The van der Waals surface area contributed by atoms with Crippen LogP contribution in [0.5, 0.6) is 0 Å². The van der Waals surface area contributed by atoms with Gasteiger partial charge in [0.2, 0.25) is 5.91 Å². The number of primary amides is 1. The minimum Gasteiger partial charge on any atom is -0.481 e. The lowest BCUT2D eigenvalue weighted by Crippen LogP contribution is -2.18. The number of rotatable bonds is 6. The van der Waals surface area contributed by atoms with Crippen LogP contribution >= 0.6 is 0 Å². The summed E-state index contributed by atoms with van der Waals surface area (Å²) in [5.41, 5.74) is 8.75. The van der Waals surface area contributed by atoms with Gasteiger partial charge in [-0.2, -0.15) is 0 Å². The number of hydrogen-bond acceptors (Lipinski definition) is 4. The van der Waals surface area contributed by atoms with E-state index in [1.165, 1.54) is 6.20 Å². The molecule has 0 radical (unpaired) electrons. The third-order valence-electron chi connectivity index (χ3n) is 4.06. The maximum Gasteiger partial charge on any atom is 0.303 e. The predicted octanol–water partition coefficient (Wildman–Crippen LogP) is 2.46. The van der Waals surface area contributed by atoms with Gasteiger partial charge in [0.15, 0.2) is 0 Å². The number of carboxylic acid groups (broad SMARTS) is 1. The second-order valence-electron chi connectivity index (χ2n) is 6.35. The lowest BCUT2D eigenvalue weighted by Gasteiger charge is -2.07. The van der Waals surface area contributed by atoms with Crippen molar-refractivity contribution in [3.63, 3.8) is 0 Å². The minimum absolute atomic E-state index is 0.0177. The van der Waals surface area contributed by atoms with E-state index in [0.717, 1.165) is 16.7 Å². The number of carboxylic acids is 1. The van der Waals surface area contributed by atoms with E-state index in [1.807, 2.05) is 30.3 Å². The lowest BCUT2D eigenvalue weighted by atomic mass is 10.0. The average molecular weight is 393 g/mol. The quantitative estimate of drug-likeness (QED) is 0.667. The van der Waals surface area contributed by atoms with E-state index in [-0.39, 0.29) is 12.0 Å². The molecule has 2 aromatic heterocycles. The Kier molecular flexibility index (Phi) is 7.85. The molecule has 0 spiro atoms. The zero-order valence-electron chi connectivity index (χ0n) is 16.1. The van der Waals surface area contributed by atoms with Crippen LogP contribution < -0.4 is 11.3 Å². The van der Waals surface area contributed by atoms with Crippen LogP contribution in [-0.4, -0.2) is 26.5 Å². The number of hydrogen-bond donors (Lipinski definition) is 2. The highest BCUT2D eigenvalue weighted by atomic mass is 16.4. The van der Waals surface area contributed by atoms with Crippen LogP contribution in [0.2, 0.25) is 0 Å². The summed E-state index contributed by atoms with van der Waals surface area (Å²) in [5, 5.41) is 7.72. The normalized spacial score (nSPS) is 9.97. The molecule has 150 valence electrons. The van der Waals surface area contributed by atoms with Gasteiger partial charge in [-0.05, 0) is 35.2 Å². The number of aromatic nitrogens is 2. The van der Waals surface area contributed by atoms with Crippen LogP contribution in [0.25, 0.3) is 0 Å². The highest BCUT2D eigenvalue weighted by Gasteiger charge is 2.04. The van der Waals surface area contributed by atoms with Crippen LogP contribution in [-0.2, 0) is 17.8 Å². The van der Waals surface area contributed by atoms with Crippen molar-refractivity contribution >= 4 is 11.9 Å². The van der Waals surface area contributed by atoms with Crippen LogP contribution in [0, 0.1) is 0 Å². The van der Waals surface area contributed by atoms with E-state index >= 15 is 0 Å². The molecule has 3 N–H and O–H groups in total. The van der Waals surface area contributed by atoms with Crippen LogP contribution in [0.1, 0.15) is 40.4 Å². The molecule has 7 heteroatoms. The fourth-order valence-corrected chi connectivity index (χ4v) is 2.51. The van der Waals surface area contributed by atoms with Gasteiger partial charge in [0.25, 0.3) is 5.56 Å². The predicted molar refractivity (Wildman–Crippen MR) is 110 cm³/mol. The number of pyridine rings is 2. The van der Waals surface area contributed by atoms with Gasteiger partial charge in [-0.25, -0.2) is 0 Å². The first kappa shape index (κ1) is 21.6. The molecule has 0 fully saturated rings. The van der Waals surface area contributed by atoms with Crippen molar-refractivity contribution in [1.29, 1.82) is 0 Å². The summed E-state index contributed by atoms with van der Waals surface area (Å²) >= 11 is 0. The smallest absolute Gasteiger partial charge is 0.303 e. The van der Waals surface area contributed by atoms with Crippen LogP contribution in [0.3, 0.4) is 0 Å². The molecular weight excluding hydrogens is 370 g/mol. The molecule has 1 aromatic carbocycles. The Bertz CT molecular complexity index is 1030. The summed E-state index contributed by atoms with van der Waals surface area (Å²) in [6, 6.07) is 14.9. The summed E-state index contributed by atoms with van der Waals surface area (Å²) in [7, 11) is 0. The molecule has 0 aliphatic carbocycles. The van der Waals surface area contributed by atoms with E-state index in [2.05, 4.69) is 4.98 Å². The Morgan fingerprint density at radius 2 is 1.69 bits per heavy atom. The van der Waals surface area contributed by atoms with Crippen LogP contribution in [0.15, 0.2) is 71.9 Å². The van der Waals surface area contributed by atoms with Crippen LogP contribution in [0.4, 0.5) is 0 Å². The molecule has 1 amide bonds. The Labute approximate surface area is 168 Å². The zero-order chi connectivity index (χ0) is 21.2. The number of benzene rings is 1. The Morgan fingerprint density at radius 3 is 2.28 bits per heavy atom. The average Bonchev–Trinajstić information content (AvgIpc) is 2.72. The summed E-state index contributed by atoms with van der Waals surface area (Å²) in [6.07, 6.45) is 5.85. The van der Waals surface area contributed by atoms with Crippen molar-refractivity contribution in [2.75, 3.05) is 0 Å². The largest absolute Gasteiger partial charge is 0.481 e. The molecule has 7 nitrogen and oxygen atoms in total. The number of nitrogens with two attached hydrogens (primary N) is 1. The van der Waals surface area contributed by atoms with E-state index in [1.54, 1.807) is 42.1 Å². The molecule has 29 heavy (non-hydrogen) atoms. The zero-order valence-corrected chi connectivity index (χ0v) is 16.1. The summed E-state index contributed by atoms with van der Waals surface area (Å²) in [4.78, 5) is 36.4. The molecule has 0 saturated carbocycles. The fourth-order valence-electron chi connectivity index (χ4n) is 2.51. The first-order valence-corrected chi connectivity index (χ1v) is 9.08. The monoisotopic (exact) mass is 393 g/mol. The summed E-state index contributed by atoms with van der Waals surface area (Å²) in [6.45, 7) is 2.14. The van der Waals surface area contributed by atoms with Gasteiger partial charge in [0, 0.05) is 31.1 Å². The third kappa shape index (κ3) is 7.06. The van der Waals surface area contributed by atoms with Gasteiger partial charge >= 0.3 is 5.97 Å². The standard InChI is InChI=1S/C19H17N3O2.C3H6O2/c20-19(24)17-10-16(11-21-12-17)9-14-4-6-15(7-5-14)13-22-8-2-1-3-18(22)23;1-2-3(4)5/h1-8,10-12H,9,13H2,(H2,20,24);2H2,1H3,(H,4,5). The molecule has 0 unspecified atom stereocenters. The molecule has 0 aliphatic rings. The fraction of sp³-hybridized carbons (Fsp3) is 0.182. The molecule has 3 rings (SSSR count). The summed E-state index contributed by atoms with van der Waals surface area (Å²) < 4.78 is 1.66. The molecule has 0 bridgehead atoms. The number of carbonyl (C=O) groups excluding carboxylic acids is 1. The second kappa shape index (κ2) is 10.6. The third-order valence-corrected chi connectivity index (χ3v) is 4.06. The summed E-state index contributed by atoms with van der Waals surface area (Å²) in [5.74, 6) is -1.22. The van der Waals surface area contributed by atoms with E-state index in [4.69, 9.17) is 10.8 Å². The molecular formula is C22H23N3O4. The van der Waals surface area contributed by atoms with Gasteiger partial charge in [-0.3, -0.25) is 19.4 Å². The number of nitrogens with zero attached hydrogens (tertiary/aromatic N) is 2. The highest BCUT2D eigenvalue weighted by Crippen LogP contribution is 2.12. The molecule has 0 saturated heterocycles. The molecule has 3 aromatic rings. The van der Waals surface area contributed by atoms with Gasteiger partial charge in [0.1, 0.15) is 0 Å². The maximum absolute atomic E-state index is 11.7. The minimum atomic E-state index is -0.745.